The maximum absolute atomic E-state index is 11.2. The molecule has 1 aliphatic heterocycles. The van der Waals surface area contributed by atoms with Crippen molar-refractivity contribution in [1.82, 2.24) is 20.1 Å². The smallest absolute Gasteiger partial charge is 0.270 e. The van der Waals surface area contributed by atoms with Crippen molar-refractivity contribution < 1.29 is 4.92 Å². The number of pyridine rings is 1. The fraction of sp³-hybridized carbons (Fsp3) is 0.263. The van der Waals surface area contributed by atoms with Gasteiger partial charge >= 0.3 is 0 Å². The summed E-state index contributed by atoms with van der Waals surface area (Å²) in [5.74, 6) is 0. The van der Waals surface area contributed by atoms with Gasteiger partial charge in [-0.05, 0) is 43.6 Å². The number of nitro benzene ring substituents is 1. The Morgan fingerprint density at radius 3 is 2.62 bits per heavy atom. The van der Waals surface area contributed by atoms with Crippen molar-refractivity contribution in [3.63, 3.8) is 0 Å². The first kappa shape index (κ1) is 16.4. The van der Waals surface area contributed by atoms with E-state index in [1.807, 2.05) is 22.9 Å². The van der Waals surface area contributed by atoms with Gasteiger partial charge in [0.05, 0.1) is 11.0 Å². The third-order valence-corrected chi connectivity index (χ3v) is 4.74. The molecule has 0 amide bonds. The van der Waals surface area contributed by atoms with Gasteiger partial charge in [-0.3, -0.25) is 19.8 Å². The highest BCUT2D eigenvalue weighted by Crippen LogP contribution is 2.34. The van der Waals surface area contributed by atoms with Gasteiger partial charge in [-0.1, -0.05) is 12.1 Å². The van der Waals surface area contributed by atoms with E-state index in [1.165, 1.54) is 6.07 Å². The van der Waals surface area contributed by atoms with Crippen LogP contribution in [-0.4, -0.2) is 32.8 Å². The van der Waals surface area contributed by atoms with E-state index in [0.717, 1.165) is 48.3 Å². The zero-order chi connectivity index (χ0) is 17.9. The minimum absolute atomic E-state index is 0.0691. The normalized spacial score (nSPS) is 15.1. The van der Waals surface area contributed by atoms with Crippen LogP contribution in [0.1, 0.15) is 18.9 Å². The Morgan fingerprint density at radius 2 is 1.88 bits per heavy atom. The Balaban J connectivity index is 1.82. The number of nitrogens with one attached hydrogen (secondary N) is 1. The number of hydrogen-bond acceptors (Lipinski definition) is 5. The molecule has 26 heavy (non-hydrogen) atoms. The van der Waals surface area contributed by atoms with Crippen molar-refractivity contribution in [2.24, 2.45) is 0 Å². The lowest BCUT2D eigenvalue weighted by Crippen LogP contribution is -2.29. The first-order valence-electron chi connectivity index (χ1n) is 8.67. The van der Waals surface area contributed by atoms with Crippen LogP contribution in [0.4, 0.5) is 5.69 Å². The molecule has 3 heterocycles. The summed E-state index contributed by atoms with van der Waals surface area (Å²) in [6.45, 7) is 1.95. The molecule has 1 aliphatic rings. The topological polar surface area (TPSA) is 85.9 Å². The monoisotopic (exact) mass is 349 g/mol. The number of aromatic nitrogens is 3. The van der Waals surface area contributed by atoms with Crippen molar-refractivity contribution in [2.75, 3.05) is 13.1 Å². The number of non-ortho nitro benzene ring substituents is 1. The molecule has 1 N–H and O–H groups in total. The van der Waals surface area contributed by atoms with E-state index in [-0.39, 0.29) is 10.6 Å². The largest absolute Gasteiger partial charge is 0.317 e. The summed E-state index contributed by atoms with van der Waals surface area (Å²) in [6, 6.07) is 10.9. The van der Waals surface area contributed by atoms with Gasteiger partial charge in [0.25, 0.3) is 5.69 Å². The lowest BCUT2D eigenvalue weighted by molar-refractivity contribution is -0.384. The zero-order valence-corrected chi connectivity index (χ0v) is 14.2. The molecule has 0 unspecified atom stereocenters. The third kappa shape index (κ3) is 3.21. The Morgan fingerprint density at radius 1 is 1.12 bits per heavy atom. The highest BCUT2D eigenvalue weighted by molar-refractivity contribution is 5.81. The Hall–Kier alpha value is -3.06. The van der Waals surface area contributed by atoms with Crippen LogP contribution in [0, 0.1) is 10.1 Å². The Bertz CT molecular complexity index is 917. The molecule has 7 nitrogen and oxygen atoms in total. The number of piperidine rings is 1. The molecule has 0 spiro atoms. The fourth-order valence-corrected chi connectivity index (χ4v) is 3.37. The number of hydrogen-bond donors (Lipinski definition) is 1. The predicted octanol–water partition coefficient (Wildman–Crippen LogP) is 3.44. The zero-order valence-electron chi connectivity index (χ0n) is 14.2. The van der Waals surface area contributed by atoms with Crippen LogP contribution in [0.2, 0.25) is 0 Å². The van der Waals surface area contributed by atoms with E-state index < -0.39 is 0 Å². The van der Waals surface area contributed by atoms with E-state index >= 15 is 0 Å². The molecule has 7 heteroatoms. The quantitative estimate of drug-likeness (QED) is 0.576. The van der Waals surface area contributed by atoms with E-state index in [9.17, 15) is 10.1 Å². The second kappa shape index (κ2) is 7.05. The minimum atomic E-state index is -0.376. The maximum atomic E-state index is 11.2. The maximum Gasteiger partial charge on any atom is 0.270 e. The van der Waals surface area contributed by atoms with E-state index in [4.69, 9.17) is 5.10 Å². The van der Waals surface area contributed by atoms with Crippen LogP contribution in [0.5, 0.6) is 0 Å². The van der Waals surface area contributed by atoms with Gasteiger partial charge in [0.1, 0.15) is 5.69 Å². The summed E-state index contributed by atoms with van der Waals surface area (Å²) < 4.78 is 2.02. The van der Waals surface area contributed by atoms with Crippen LogP contribution in [0.3, 0.4) is 0 Å². The van der Waals surface area contributed by atoms with Gasteiger partial charge in [0.2, 0.25) is 0 Å². The van der Waals surface area contributed by atoms with E-state index in [1.54, 1.807) is 24.5 Å². The van der Waals surface area contributed by atoms with Gasteiger partial charge in [0.15, 0.2) is 0 Å². The van der Waals surface area contributed by atoms with Crippen LogP contribution >= 0.6 is 0 Å². The fourth-order valence-electron chi connectivity index (χ4n) is 3.37. The van der Waals surface area contributed by atoms with Crippen LogP contribution in [-0.2, 0) is 0 Å². The minimum Gasteiger partial charge on any atom is -0.317 e. The highest BCUT2D eigenvalue weighted by Gasteiger charge is 2.21. The van der Waals surface area contributed by atoms with Gasteiger partial charge < -0.3 is 5.32 Å². The molecule has 0 bridgehead atoms. The number of nitro groups is 1. The molecule has 0 radical (unpaired) electrons. The molecule has 2 aromatic heterocycles. The molecule has 132 valence electrons. The van der Waals surface area contributed by atoms with Gasteiger partial charge in [0, 0.05) is 41.9 Å². The molecule has 1 saturated heterocycles. The molecule has 1 fully saturated rings. The summed E-state index contributed by atoms with van der Waals surface area (Å²) in [4.78, 5) is 14.9. The van der Waals surface area contributed by atoms with Crippen LogP contribution < -0.4 is 5.32 Å². The lowest BCUT2D eigenvalue weighted by atomic mass is 10.0. The molecule has 0 atom stereocenters. The number of rotatable bonds is 4. The van der Waals surface area contributed by atoms with Crippen LogP contribution in [0.25, 0.3) is 22.4 Å². The number of nitrogens with zero attached hydrogens (tertiary/aromatic N) is 4. The second-order valence-corrected chi connectivity index (χ2v) is 6.40. The number of benzene rings is 1. The summed E-state index contributed by atoms with van der Waals surface area (Å²) in [7, 11) is 0. The average molecular weight is 349 g/mol. The molecule has 0 aliphatic carbocycles. The molecule has 1 aromatic carbocycles. The molecule has 3 aromatic rings. The lowest BCUT2D eigenvalue weighted by Gasteiger charge is -2.22. The van der Waals surface area contributed by atoms with E-state index in [2.05, 4.69) is 16.5 Å². The van der Waals surface area contributed by atoms with Gasteiger partial charge in [-0.15, -0.1) is 0 Å². The summed E-state index contributed by atoms with van der Waals surface area (Å²) >= 11 is 0. The van der Waals surface area contributed by atoms with Gasteiger partial charge in [-0.2, -0.15) is 5.10 Å². The van der Waals surface area contributed by atoms with Crippen molar-refractivity contribution >= 4 is 5.69 Å². The summed E-state index contributed by atoms with van der Waals surface area (Å²) in [5.41, 5.74) is 3.55. The van der Waals surface area contributed by atoms with Gasteiger partial charge in [-0.25, -0.2) is 0 Å². The molecular formula is C19H19N5O2. The Labute approximate surface area is 150 Å². The van der Waals surface area contributed by atoms with Crippen LogP contribution in [0.15, 0.2) is 55.0 Å². The standard InChI is InChI=1S/C19H19N5O2/c25-24(26)17-3-1-2-15(12-17)19-18(14-4-8-20-9-5-14)13-23(22-19)16-6-10-21-11-7-16/h1-5,8-9,12-13,16,21H,6-7,10-11H2. The average Bonchev–Trinajstić information content (AvgIpc) is 3.15. The molecular weight excluding hydrogens is 330 g/mol. The van der Waals surface area contributed by atoms with Crippen molar-refractivity contribution in [3.8, 4) is 22.4 Å². The Kier molecular flexibility index (Phi) is 4.45. The van der Waals surface area contributed by atoms with E-state index in [0.29, 0.717) is 6.04 Å². The van der Waals surface area contributed by atoms with Crippen molar-refractivity contribution in [1.29, 1.82) is 0 Å². The molecule has 0 saturated carbocycles. The molecule has 4 rings (SSSR count). The van der Waals surface area contributed by atoms with Crippen molar-refractivity contribution in [2.45, 2.75) is 18.9 Å². The second-order valence-electron chi connectivity index (χ2n) is 6.40. The summed E-state index contributed by atoms with van der Waals surface area (Å²) in [5, 5.41) is 19.3. The SMILES string of the molecule is O=[N+]([O-])c1cccc(-c2nn(C3CCNCC3)cc2-c2ccncc2)c1. The first-order chi connectivity index (χ1) is 12.7. The summed E-state index contributed by atoms with van der Waals surface area (Å²) in [6.07, 6.45) is 7.58. The predicted molar refractivity (Wildman–Crippen MR) is 98.7 cm³/mol. The highest BCUT2D eigenvalue weighted by atomic mass is 16.6. The first-order valence-corrected chi connectivity index (χ1v) is 8.67. The third-order valence-electron chi connectivity index (χ3n) is 4.74. The van der Waals surface area contributed by atoms with Crippen molar-refractivity contribution in [3.05, 3.63) is 65.1 Å².